The van der Waals surface area contributed by atoms with E-state index in [0.29, 0.717) is 0 Å². The Morgan fingerprint density at radius 2 is 1.48 bits per heavy atom. The van der Waals surface area contributed by atoms with Crippen LogP contribution in [0.5, 0.6) is 0 Å². The van der Waals surface area contributed by atoms with Crippen molar-refractivity contribution in [3.05, 3.63) is 113 Å². The van der Waals surface area contributed by atoms with Gasteiger partial charge in [-0.25, -0.2) is 4.99 Å². The molecule has 0 aliphatic carbocycles. The topological polar surface area (TPSA) is 12.4 Å². The Hall–Kier alpha value is -2.23. The van der Waals surface area contributed by atoms with Gasteiger partial charge in [0.25, 0.3) is 0 Å². The Morgan fingerprint density at radius 1 is 0.815 bits per heavy atom. The number of aryl methyl sites for hydroxylation is 1. The second-order valence-electron chi connectivity index (χ2n) is 6.10. The van der Waals surface area contributed by atoms with Crippen molar-refractivity contribution in [2.45, 2.75) is 18.4 Å². The van der Waals surface area contributed by atoms with Crippen LogP contribution >= 0.6 is 23.5 Å². The minimum Gasteiger partial charge on any atom is -0.242 e. The first-order chi connectivity index (χ1) is 13.3. The first-order valence-electron chi connectivity index (χ1n) is 8.94. The summed E-state index contributed by atoms with van der Waals surface area (Å²) in [5.41, 5.74) is 5.02. The molecule has 0 heterocycles. The molecule has 3 rings (SSSR count). The van der Waals surface area contributed by atoms with Crippen molar-refractivity contribution in [1.82, 2.24) is 0 Å². The number of hydrogen-bond donors (Lipinski definition) is 0. The van der Waals surface area contributed by atoms with Crippen LogP contribution in [0.3, 0.4) is 0 Å². The first-order valence-corrected chi connectivity index (χ1v) is 11.0. The predicted molar refractivity (Wildman–Crippen MR) is 123 cm³/mol. The van der Waals surface area contributed by atoms with E-state index in [0.717, 1.165) is 22.2 Å². The fraction of sp³-hybridized carbons (Fsp3) is 0.125. The van der Waals surface area contributed by atoms with Gasteiger partial charge in [0.15, 0.2) is 0 Å². The maximum Gasteiger partial charge on any atom is 0.0975 e. The maximum absolute atomic E-state index is 4.82. The highest BCUT2D eigenvalue weighted by Crippen LogP contribution is 2.22. The molecule has 27 heavy (non-hydrogen) atoms. The van der Waals surface area contributed by atoms with Crippen LogP contribution in [-0.2, 0) is 11.5 Å². The van der Waals surface area contributed by atoms with E-state index in [1.165, 1.54) is 16.7 Å². The molecule has 0 N–H and O–H groups in total. The summed E-state index contributed by atoms with van der Waals surface area (Å²) in [5.74, 6) is 1.89. The van der Waals surface area contributed by atoms with Gasteiger partial charge < -0.3 is 0 Å². The molecule has 0 aliphatic rings. The van der Waals surface area contributed by atoms with Gasteiger partial charge in [0.05, 0.1) is 10.7 Å². The lowest BCUT2D eigenvalue weighted by Crippen LogP contribution is -1.89. The van der Waals surface area contributed by atoms with Gasteiger partial charge >= 0.3 is 0 Å². The van der Waals surface area contributed by atoms with Crippen molar-refractivity contribution in [1.29, 1.82) is 0 Å². The Bertz CT molecular complexity index is 887. The molecule has 3 aromatic rings. The first kappa shape index (κ1) is 19.5. The van der Waals surface area contributed by atoms with E-state index in [1.54, 1.807) is 23.5 Å². The number of benzene rings is 3. The quantitative estimate of drug-likeness (QED) is 0.308. The zero-order chi connectivity index (χ0) is 18.7. The molecule has 0 amide bonds. The van der Waals surface area contributed by atoms with Crippen molar-refractivity contribution in [2.24, 2.45) is 4.99 Å². The molecule has 0 fully saturated rings. The molecule has 0 bridgehead atoms. The van der Waals surface area contributed by atoms with Crippen molar-refractivity contribution in [3.8, 4) is 0 Å². The fourth-order valence-electron chi connectivity index (χ4n) is 2.50. The summed E-state index contributed by atoms with van der Waals surface area (Å²) < 4.78 is 0. The fourth-order valence-corrected chi connectivity index (χ4v) is 4.25. The van der Waals surface area contributed by atoms with E-state index < -0.39 is 0 Å². The third-order valence-electron chi connectivity index (χ3n) is 4.03. The summed E-state index contributed by atoms with van der Waals surface area (Å²) in [7, 11) is 0. The van der Waals surface area contributed by atoms with Crippen LogP contribution in [0.15, 0.2) is 101 Å². The summed E-state index contributed by atoms with van der Waals surface area (Å²) in [4.78, 5) is 4.82. The van der Waals surface area contributed by atoms with Gasteiger partial charge in [0.1, 0.15) is 0 Å². The number of rotatable bonds is 7. The zero-order valence-corrected chi connectivity index (χ0v) is 17.0. The minimum absolute atomic E-state index is 0.916. The van der Waals surface area contributed by atoms with E-state index in [2.05, 4.69) is 73.0 Å². The number of thioether (sulfide) groups is 2. The number of nitrogens with zero attached hydrogens (tertiary/aromatic N) is 1. The third-order valence-corrected chi connectivity index (χ3v) is 5.84. The molecule has 136 valence electrons. The molecule has 0 spiro atoms. The molecule has 0 radical (unpaired) electrons. The molecule has 0 aromatic heterocycles. The van der Waals surface area contributed by atoms with E-state index in [-0.39, 0.29) is 0 Å². The van der Waals surface area contributed by atoms with Gasteiger partial charge in [-0.3, -0.25) is 0 Å². The van der Waals surface area contributed by atoms with Gasteiger partial charge in [0, 0.05) is 11.5 Å². The van der Waals surface area contributed by atoms with Gasteiger partial charge in [-0.2, -0.15) is 0 Å². The van der Waals surface area contributed by atoms with Gasteiger partial charge in [-0.05, 0) is 47.2 Å². The number of aliphatic imine (C=N–C) groups is 1. The normalized spacial score (nSPS) is 11.8. The van der Waals surface area contributed by atoms with Crippen LogP contribution in [0.4, 0.5) is 5.69 Å². The van der Waals surface area contributed by atoms with E-state index in [9.17, 15) is 0 Å². The Balaban J connectivity index is 1.65. The standard InChI is InChI=1S/C24H23NS2/c1-20-10-8-9-13-22(20)19-26-17-16-24(25-23-14-6-3-7-15-23)27-18-21-11-4-2-5-12-21/h2-17H,18-19H2,1H3. The lowest BCUT2D eigenvalue weighted by molar-refractivity contribution is 1.31. The minimum atomic E-state index is 0.916. The summed E-state index contributed by atoms with van der Waals surface area (Å²) in [6.07, 6.45) is 2.13. The Labute approximate surface area is 170 Å². The van der Waals surface area contributed by atoms with Crippen LogP contribution in [0.25, 0.3) is 0 Å². The highest BCUT2D eigenvalue weighted by Gasteiger charge is 2.00. The molecule has 0 aliphatic heterocycles. The second kappa shape index (κ2) is 10.8. The smallest absolute Gasteiger partial charge is 0.0975 e. The zero-order valence-electron chi connectivity index (χ0n) is 15.4. The lowest BCUT2D eigenvalue weighted by Gasteiger charge is -2.04. The Morgan fingerprint density at radius 3 is 2.22 bits per heavy atom. The van der Waals surface area contributed by atoms with Crippen LogP contribution in [0.1, 0.15) is 16.7 Å². The van der Waals surface area contributed by atoms with E-state index in [4.69, 9.17) is 4.99 Å². The summed E-state index contributed by atoms with van der Waals surface area (Å²) in [6.45, 7) is 2.16. The third kappa shape index (κ3) is 6.78. The summed E-state index contributed by atoms with van der Waals surface area (Å²) in [5, 5.41) is 3.19. The van der Waals surface area contributed by atoms with Crippen LogP contribution < -0.4 is 0 Å². The molecule has 0 saturated carbocycles. The van der Waals surface area contributed by atoms with Crippen molar-refractivity contribution in [3.63, 3.8) is 0 Å². The summed E-state index contributed by atoms with van der Waals surface area (Å²) in [6, 6.07) is 29.2. The molecular formula is C24H23NS2. The van der Waals surface area contributed by atoms with E-state index >= 15 is 0 Å². The molecule has 0 saturated heterocycles. The Kier molecular flexibility index (Phi) is 7.82. The SMILES string of the molecule is Cc1ccccc1CSC=CC(=Nc1ccccc1)SCc1ccccc1. The van der Waals surface area contributed by atoms with Crippen LogP contribution in [0, 0.1) is 6.92 Å². The van der Waals surface area contributed by atoms with Crippen molar-refractivity contribution < 1.29 is 0 Å². The average Bonchev–Trinajstić information content (AvgIpc) is 2.72. The summed E-state index contributed by atoms with van der Waals surface area (Å²) >= 11 is 3.58. The molecule has 3 heteroatoms. The second-order valence-corrected chi connectivity index (χ2v) is 7.99. The highest BCUT2D eigenvalue weighted by atomic mass is 32.2. The largest absolute Gasteiger partial charge is 0.242 e. The van der Waals surface area contributed by atoms with Gasteiger partial charge in [0.2, 0.25) is 0 Å². The molecule has 0 atom stereocenters. The van der Waals surface area contributed by atoms with Gasteiger partial charge in [-0.1, -0.05) is 72.8 Å². The molecule has 0 unspecified atom stereocenters. The van der Waals surface area contributed by atoms with E-state index in [1.807, 2.05) is 30.3 Å². The lowest BCUT2D eigenvalue weighted by atomic mass is 10.1. The predicted octanol–water partition coefficient (Wildman–Crippen LogP) is 7.41. The van der Waals surface area contributed by atoms with Crippen LogP contribution in [-0.4, -0.2) is 5.04 Å². The molecule has 3 aromatic carbocycles. The highest BCUT2D eigenvalue weighted by molar-refractivity contribution is 8.13. The van der Waals surface area contributed by atoms with Crippen molar-refractivity contribution >= 4 is 34.3 Å². The van der Waals surface area contributed by atoms with Crippen molar-refractivity contribution in [2.75, 3.05) is 0 Å². The average molecular weight is 390 g/mol. The maximum atomic E-state index is 4.82. The number of para-hydroxylation sites is 1. The number of hydrogen-bond acceptors (Lipinski definition) is 3. The van der Waals surface area contributed by atoms with Gasteiger partial charge in [-0.15, -0.1) is 23.5 Å². The molecular weight excluding hydrogens is 366 g/mol. The molecule has 1 nitrogen and oxygen atoms in total. The monoisotopic (exact) mass is 389 g/mol. The van der Waals surface area contributed by atoms with Crippen LogP contribution in [0.2, 0.25) is 0 Å².